The summed E-state index contributed by atoms with van der Waals surface area (Å²) in [6, 6.07) is 1.88. The van der Waals surface area contributed by atoms with E-state index in [4.69, 9.17) is 0 Å². The summed E-state index contributed by atoms with van der Waals surface area (Å²) in [7, 11) is 1.86. The third kappa shape index (κ3) is 0.990. The summed E-state index contributed by atoms with van der Waals surface area (Å²) >= 11 is 0. The van der Waals surface area contributed by atoms with Crippen molar-refractivity contribution >= 4 is 0 Å². The van der Waals surface area contributed by atoms with Gasteiger partial charge in [0.25, 0.3) is 0 Å². The minimum Gasteiger partial charge on any atom is -0.265 e. The second-order valence-electron chi connectivity index (χ2n) is 2.58. The fourth-order valence-electron chi connectivity index (χ4n) is 1.05. The van der Waals surface area contributed by atoms with E-state index >= 15 is 0 Å². The van der Waals surface area contributed by atoms with Crippen molar-refractivity contribution in [2.45, 2.75) is 6.92 Å². The van der Waals surface area contributed by atoms with E-state index in [1.807, 2.05) is 20.0 Å². The van der Waals surface area contributed by atoms with Crippen LogP contribution in [-0.4, -0.2) is 25.0 Å². The molecule has 2 heterocycles. The molecule has 0 amide bonds. The summed E-state index contributed by atoms with van der Waals surface area (Å²) in [5, 5.41) is 10.8. The van der Waals surface area contributed by atoms with E-state index in [-0.39, 0.29) is 0 Å². The van der Waals surface area contributed by atoms with Gasteiger partial charge in [-0.1, -0.05) is 0 Å². The van der Waals surface area contributed by atoms with Crippen molar-refractivity contribution in [1.29, 1.82) is 0 Å². The second-order valence-corrected chi connectivity index (χ2v) is 2.58. The van der Waals surface area contributed by atoms with Crippen molar-refractivity contribution in [1.82, 2.24) is 25.0 Å². The van der Waals surface area contributed by atoms with Crippen molar-refractivity contribution in [2.24, 2.45) is 7.05 Å². The van der Waals surface area contributed by atoms with Crippen LogP contribution in [0.3, 0.4) is 0 Å². The highest BCUT2D eigenvalue weighted by Gasteiger charge is 2.06. The Morgan fingerprint density at radius 3 is 2.83 bits per heavy atom. The van der Waals surface area contributed by atoms with Crippen molar-refractivity contribution in [3.63, 3.8) is 0 Å². The van der Waals surface area contributed by atoms with Crippen LogP contribution in [0, 0.1) is 6.92 Å². The smallest absolute Gasteiger partial charge is 0.199 e. The van der Waals surface area contributed by atoms with Crippen molar-refractivity contribution < 1.29 is 0 Å². The van der Waals surface area contributed by atoms with Gasteiger partial charge in [0, 0.05) is 13.2 Å². The highest BCUT2D eigenvalue weighted by molar-refractivity contribution is 5.47. The number of aryl methyl sites for hydroxylation is 2. The fourth-order valence-corrected chi connectivity index (χ4v) is 1.05. The van der Waals surface area contributed by atoms with Crippen molar-refractivity contribution in [3.05, 3.63) is 18.1 Å². The van der Waals surface area contributed by atoms with E-state index in [1.54, 1.807) is 10.9 Å². The maximum atomic E-state index is 4.19. The van der Waals surface area contributed by atoms with Gasteiger partial charge >= 0.3 is 0 Å². The molecule has 0 fully saturated rings. The van der Waals surface area contributed by atoms with Gasteiger partial charge in [-0.05, 0) is 13.0 Å². The molecule has 0 atom stereocenters. The molecule has 12 heavy (non-hydrogen) atoms. The Labute approximate surface area is 69.4 Å². The third-order valence-corrected chi connectivity index (χ3v) is 1.65. The first-order valence-electron chi connectivity index (χ1n) is 3.65. The molecular weight excluding hydrogens is 154 g/mol. The van der Waals surface area contributed by atoms with Gasteiger partial charge in [0.05, 0.1) is 0 Å². The van der Waals surface area contributed by atoms with Crippen molar-refractivity contribution in [2.75, 3.05) is 0 Å². The summed E-state index contributed by atoms with van der Waals surface area (Å²) in [5.41, 5.74) is 0.916. The number of rotatable bonds is 1. The lowest BCUT2D eigenvalue weighted by atomic mass is 10.4. The predicted octanol–water partition coefficient (Wildman–Crippen LogP) is 0.514. The summed E-state index contributed by atoms with van der Waals surface area (Å²) in [5.74, 6) is 1.50. The zero-order valence-corrected chi connectivity index (χ0v) is 6.94. The maximum Gasteiger partial charge on any atom is 0.199 e. The second kappa shape index (κ2) is 2.44. The summed E-state index contributed by atoms with van der Waals surface area (Å²) in [6.45, 7) is 1.87. The Bertz CT molecular complexity index is 386. The quantitative estimate of drug-likeness (QED) is 0.666. The van der Waals surface area contributed by atoms with E-state index in [1.165, 1.54) is 0 Å². The van der Waals surface area contributed by atoms with E-state index in [0.717, 1.165) is 11.5 Å². The van der Waals surface area contributed by atoms with Gasteiger partial charge < -0.3 is 0 Å². The van der Waals surface area contributed by atoms with E-state index in [2.05, 4.69) is 20.3 Å². The SMILES string of the molecule is Cc1nc(-c2ccnn2C)n[nH]1. The van der Waals surface area contributed by atoms with Crippen LogP contribution in [0.1, 0.15) is 5.82 Å². The molecule has 2 aromatic heterocycles. The molecule has 0 saturated heterocycles. The molecule has 1 N–H and O–H groups in total. The topological polar surface area (TPSA) is 59.4 Å². The molecule has 0 aromatic carbocycles. The third-order valence-electron chi connectivity index (χ3n) is 1.65. The van der Waals surface area contributed by atoms with Gasteiger partial charge in [-0.15, -0.1) is 0 Å². The Balaban J connectivity index is 2.50. The molecule has 0 aliphatic heterocycles. The molecular formula is C7H9N5. The first-order valence-corrected chi connectivity index (χ1v) is 3.65. The molecule has 2 aromatic rings. The number of aromatic amines is 1. The van der Waals surface area contributed by atoms with Gasteiger partial charge in [0.2, 0.25) is 0 Å². The lowest BCUT2D eigenvalue weighted by Crippen LogP contribution is -1.94. The average molecular weight is 163 g/mol. The Hall–Kier alpha value is -1.65. The van der Waals surface area contributed by atoms with E-state index in [0.29, 0.717) is 5.82 Å². The van der Waals surface area contributed by atoms with Gasteiger partial charge in [-0.3, -0.25) is 9.78 Å². The van der Waals surface area contributed by atoms with E-state index in [9.17, 15) is 0 Å². The molecule has 2 rings (SSSR count). The standard InChI is InChI=1S/C7H9N5/c1-5-9-7(11-10-5)6-3-4-8-12(6)2/h3-4H,1-2H3,(H,9,10,11). The summed E-state index contributed by atoms with van der Waals surface area (Å²) in [6.07, 6.45) is 1.72. The van der Waals surface area contributed by atoms with Crippen LogP contribution in [-0.2, 0) is 7.05 Å². The van der Waals surface area contributed by atoms with Crippen LogP contribution in [0.2, 0.25) is 0 Å². The molecule has 0 spiro atoms. The summed E-state index contributed by atoms with van der Waals surface area (Å²) in [4.78, 5) is 4.19. The van der Waals surface area contributed by atoms with Gasteiger partial charge in [-0.2, -0.15) is 10.2 Å². The average Bonchev–Trinajstić information content (AvgIpc) is 2.58. The number of hydrogen-bond donors (Lipinski definition) is 1. The first kappa shape index (κ1) is 7.02. The lowest BCUT2D eigenvalue weighted by Gasteiger charge is -1.93. The zero-order valence-electron chi connectivity index (χ0n) is 6.94. The number of hydrogen-bond acceptors (Lipinski definition) is 3. The predicted molar refractivity (Wildman–Crippen MR) is 43.3 cm³/mol. The maximum absolute atomic E-state index is 4.19. The highest BCUT2D eigenvalue weighted by Crippen LogP contribution is 2.11. The Kier molecular flexibility index (Phi) is 1.43. The van der Waals surface area contributed by atoms with Crippen LogP contribution >= 0.6 is 0 Å². The fraction of sp³-hybridized carbons (Fsp3) is 0.286. The lowest BCUT2D eigenvalue weighted by molar-refractivity contribution is 0.770. The molecule has 0 radical (unpaired) electrons. The van der Waals surface area contributed by atoms with Crippen molar-refractivity contribution in [3.8, 4) is 11.5 Å². The van der Waals surface area contributed by atoms with Crippen LogP contribution in [0.5, 0.6) is 0 Å². The zero-order chi connectivity index (χ0) is 8.55. The minimum absolute atomic E-state index is 0.688. The first-order chi connectivity index (χ1) is 5.77. The monoisotopic (exact) mass is 163 g/mol. The van der Waals surface area contributed by atoms with Gasteiger partial charge in [0.15, 0.2) is 5.82 Å². The van der Waals surface area contributed by atoms with Gasteiger partial charge in [-0.25, -0.2) is 4.98 Å². The molecule has 0 bridgehead atoms. The summed E-state index contributed by atoms with van der Waals surface area (Å²) < 4.78 is 1.74. The highest BCUT2D eigenvalue weighted by atomic mass is 15.3. The van der Waals surface area contributed by atoms with Crippen LogP contribution in [0.15, 0.2) is 12.3 Å². The van der Waals surface area contributed by atoms with E-state index < -0.39 is 0 Å². The molecule has 0 saturated carbocycles. The number of aromatic nitrogens is 5. The minimum atomic E-state index is 0.688. The Morgan fingerprint density at radius 2 is 2.33 bits per heavy atom. The number of nitrogens with zero attached hydrogens (tertiary/aromatic N) is 4. The van der Waals surface area contributed by atoms with Gasteiger partial charge in [0.1, 0.15) is 11.5 Å². The molecule has 62 valence electrons. The molecule has 0 aliphatic rings. The molecule has 5 heteroatoms. The largest absolute Gasteiger partial charge is 0.265 e. The molecule has 0 aliphatic carbocycles. The van der Waals surface area contributed by atoms with Crippen LogP contribution in [0.4, 0.5) is 0 Å². The molecule has 5 nitrogen and oxygen atoms in total. The Morgan fingerprint density at radius 1 is 1.50 bits per heavy atom. The number of nitrogens with one attached hydrogen (secondary N) is 1. The normalized spacial score (nSPS) is 10.5. The number of H-pyrrole nitrogens is 1. The van der Waals surface area contributed by atoms with Crippen LogP contribution < -0.4 is 0 Å². The molecule has 0 unspecified atom stereocenters. The van der Waals surface area contributed by atoms with Crippen LogP contribution in [0.25, 0.3) is 11.5 Å².